The van der Waals surface area contributed by atoms with Crippen LogP contribution >= 0.6 is 15.9 Å². The fraction of sp³-hybridized carbons (Fsp3) is 0.167. The number of amides is 1. The van der Waals surface area contributed by atoms with E-state index >= 15 is 0 Å². The van der Waals surface area contributed by atoms with Crippen molar-refractivity contribution in [3.05, 3.63) is 64.1 Å². The maximum absolute atomic E-state index is 12.2. The first kappa shape index (κ1) is 15.6. The highest BCUT2D eigenvalue weighted by atomic mass is 79.9. The molecule has 0 fully saturated rings. The average molecular weight is 374 g/mol. The highest BCUT2D eigenvalue weighted by Crippen LogP contribution is 2.32. The molecule has 2 aromatic rings. The van der Waals surface area contributed by atoms with Crippen LogP contribution in [-0.4, -0.2) is 24.6 Å². The molecule has 3 rings (SSSR count). The maximum Gasteiger partial charge on any atom is 0.246 e. The fourth-order valence-corrected chi connectivity index (χ4v) is 2.52. The van der Waals surface area contributed by atoms with Crippen LogP contribution in [0, 0.1) is 0 Å². The van der Waals surface area contributed by atoms with Gasteiger partial charge in [-0.1, -0.05) is 34.1 Å². The number of benzene rings is 2. The van der Waals surface area contributed by atoms with Gasteiger partial charge in [0, 0.05) is 24.1 Å². The van der Waals surface area contributed by atoms with E-state index in [9.17, 15) is 4.79 Å². The summed E-state index contributed by atoms with van der Waals surface area (Å²) >= 11 is 3.40. The van der Waals surface area contributed by atoms with Crippen molar-refractivity contribution in [2.75, 3.05) is 13.8 Å². The monoisotopic (exact) mass is 373 g/mol. The summed E-state index contributed by atoms with van der Waals surface area (Å²) in [5, 5.41) is 0. The Morgan fingerprint density at radius 3 is 2.70 bits per heavy atom. The van der Waals surface area contributed by atoms with Crippen molar-refractivity contribution in [2.45, 2.75) is 6.54 Å². The lowest BCUT2D eigenvalue weighted by Crippen LogP contribution is -2.24. The van der Waals surface area contributed by atoms with Gasteiger partial charge in [0.1, 0.15) is 0 Å². The molecule has 1 heterocycles. The molecule has 1 amide bonds. The number of fused-ring (bicyclic) bond motifs is 1. The number of rotatable bonds is 4. The number of hydrogen-bond donors (Lipinski definition) is 0. The normalized spacial score (nSPS) is 12.6. The molecule has 23 heavy (non-hydrogen) atoms. The van der Waals surface area contributed by atoms with Crippen molar-refractivity contribution >= 4 is 27.9 Å². The van der Waals surface area contributed by atoms with E-state index in [0.717, 1.165) is 21.3 Å². The topological polar surface area (TPSA) is 38.8 Å². The highest BCUT2D eigenvalue weighted by Gasteiger charge is 2.12. The molecule has 5 heteroatoms. The molecule has 0 atom stereocenters. The molecule has 0 bridgehead atoms. The lowest BCUT2D eigenvalue weighted by Gasteiger charge is -2.15. The number of carbonyl (C=O) groups excluding carboxylic acids is 1. The lowest BCUT2D eigenvalue weighted by atomic mass is 10.2. The van der Waals surface area contributed by atoms with Gasteiger partial charge in [0.2, 0.25) is 12.7 Å². The number of hydrogen-bond acceptors (Lipinski definition) is 3. The van der Waals surface area contributed by atoms with Gasteiger partial charge in [0.15, 0.2) is 11.5 Å². The quantitative estimate of drug-likeness (QED) is 0.764. The summed E-state index contributed by atoms with van der Waals surface area (Å²) < 4.78 is 11.6. The minimum absolute atomic E-state index is 0.0504. The Labute approximate surface area is 143 Å². The van der Waals surface area contributed by atoms with Gasteiger partial charge in [-0.2, -0.15) is 0 Å². The highest BCUT2D eigenvalue weighted by molar-refractivity contribution is 9.10. The van der Waals surface area contributed by atoms with E-state index in [-0.39, 0.29) is 12.7 Å². The van der Waals surface area contributed by atoms with E-state index in [1.54, 1.807) is 24.1 Å². The van der Waals surface area contributed by atoms with Crippen LogP contribution in [0.1, 0.15) is 11.1 Å². The third kappa shape index (κ3) is 3.93. The molecule has 0 N–H and O–H groups in total. The second kappa shape index (κ2) is 6.87. The van der Waals surface area contributed by atoms with E-state index in [1.807, 2.05) is 42.5 Å². The van der Waals surface area contributed by atoms with Crippen molar-refractivity contribution in [3.8, 4) is 11.5 Å². The van der Waals surface area contributed by atoms with Gasteiger partial charge in [-0.25, -0.2) is 0 Å². The van der Waals surface area contributed by atoms with E-state index in [1.165, 1.54) is 0 Å². The maximum atomic E-state index is 12.2. The fourth-order valence-electron chi connectivity index (χ4n) is 2.25. The zero-order valence-corrected chi connectivity index (χ0v) is 14.2. The zero-order chi connectivity index (χ0) is 16.2. The van der Waals surface area contributed by atoms with Gasteiger partial charge in [-0.3, -0.25) is 4.79 Å². The predicted molar refractivity (Wildman–Crippen MR) is 92.2 cm³/mol. The first-order chi connectivity index (χ1) is 11.1. The summed E-state index contributed by atoms with van der Waals surface area (Å²) in [5.74, 6) is 1.40. The van der Waals surface area contributed by atoms with Crippen molar-refractivity contribution in [2.24, 2.45) is 0 Å². The van der Waals surface area contributed by atoms with Crippen molar-refractivity contribution < 1.29 is 14.3 Å². The summed E-state index contributed by atoms with van der Waals surface area (Å²) in [6.45, 7) is 0.814. The number of nitrogens with zero attached hydrogens (tertiary/aromatic N) is 1. The molecule has 0 spiro atoms. The van der Waals surface area contributed by atoms with E-state index in [2.05, 4.69) is 15.9 Å². The van der Waals surface area contributed by atoms with Gasteiger partial charge in [0.05, 0.1) is 0 Å². The molecule has 0 saturated carbocycles. The minimum Gasteiger partial charge on any atom is -0.454 e. The molecule has 0 radical (unpaired) electrons. The SMILES string of the molecule is CN(Cc1ccc(Br)cc1)C(=O)C=Cc1ccc2c(c1)OCO2. The molecule has 0 saturated heterocycles. The Morgan fingerprint density at radius 2 is 1.91 bits per heavy atom. The first-order valence-corrected chi connectivity index (χ1v) is 7.98. The summed E-state index contributed by atoms with van der Waals surface area (Å²) in [6, 6.07) is 13.5. The van der Waals surface area contributed by atoms with Gasteiger partial charge in [-0.05, 0) is 41.5 Å². The predicted octanol–water partition coefficient (Wildman–Crippen LogP) is 3.85. The van der Waals surface area contributed by atoms with E-state index in [4.69, 9.17) is 9.47 Å². The summed E-state index contributed by atoms with van der Waals surface area (Å²) in [7, 11) is 1.79. The van der Waals surface area contributed by atoms with Gasteiger partial charge >= 0.3 is 0 Å². The number of carbonyl (C=O) groups is 1. The Bertz CT molecular complexity index is 740. The van der Waals surface area contributed by atoms with Crippen LogP contribution in [0.25, 0.3) is 6.08 Å². The van der Waals surface area contributed by atoms with Crippen molar-refractivity contribution in [1.82, 2.24) is 4.90 Å². The van der Waals surface area contributed by atoms with Crippen LogP contribution in [0.15, 0.2) is 53.0 Å². The molecule has 2 aromatic carbocycles. The Hall–Kier alpha value is -2.27. The molecule has 118 valence electrons. The molecule has 0 unspecified atom stereocenters. The second-order valence-electron chi connectivity index (χ2n) is 5.27. The first-order valence-electron chi connectivity index (χ1n) is 7.19. The molecular formula is C18H16BrNO3. The molecule has 4 nitrogen and oxygen atoms in total. The van der Waals surface area contributed by atoms with Crippen LogP contribution in [0.4, 0.5) is 0 Å². The minimum atomic E-state index is -0.0504. The molecular weight excluding hydrogens is 358 g/mol. The van der Waals surface area contributed by atoms with Crippen LogP contribution in [0.3, 0.4) is 0 Å². The smallest absolute Gasteiger partial charge is 0.246 e. The second-order valence-corrected chi connectivity index (χ2v) is 6.18. The third-order valence-corrected chi connectivity index (χ3v) is 4.05. The van der Waals surface area contributed by atoms with Gasteiger partial charge < -0.3 is 14.4 Å². The van der Waals surface area contributed by atoms with Crippen LogP contribution in [0.2, 0.25) is 0 Å². The third-order valence-electron chi connectivity index (χ3n) is 3.52. The largest absolute Gasteiger partial charge is 0.454 e. The van der Waals surface area contributed by atoms with E-state index in [0.29, 0.717) is 12.3 Å². The van der Waals surface area contributed by atoms with E-state index < -0.39 is 0 Å². The molecule has 1 aliphatic rings. The van der Waals surface area contributed by atoms with Crippen molar-refractivity contribution in [1.29, 1.82) is 0 Å². The lowest BCUT2D eigenvalue weighted by molar-refractivity contribution is -0.125. The van der Waals surface area contributed by atoms with Crippen molar-refractivity contribution in [3.63, 3.8) is 0 Å². The average Bonchev–Trinajstić information content (AvgIpc) is 3.02. The Morgan fingerprint density at radius 1 is 1.17 bits per heavy atom. The van der Waals surface area contributed by atoms with Crippen LogP contribution in [-0.2, 0) is 11.3 Å². The summed E-state index contributed by atoms with van der Waals surface area (Å²) in [6.07, 6.45) is 3.35. The molecule has 0 aliphatic carbocycles. The molecule has 0 aromatic heterocycles. The van der Waals surface area contributed by atoms with Gasteiger partial charge in [-0.15, -0.1) is 0 Å². The Balaban J connectivity index is 1.62. The molecule has 1 aliphatic heterocycles. The summed E-state index contributed by atoms with van der Waals surface area (Å²) in [5.41, 5.74) is 1.99. The zero-order valence-electron chi connectivity index (χ0n) is 12.7. The number of likely N-dealkylation sites (N-methyl/N-ethyl adjacent to an activating group) is 1. The van der Waals surface area contributed by atoms with Crippen LogP contribution in [0.5, 0.6) is 11.5 Å². The number of halogens is 1. The number of ether oxygens (including phenoxy) is 2. The van der Waals surface area contributed by atoms with Gasteiger partial charge in [0.25, 0.3) is 0 Å². The summed E-state index contributed by atoms with van der Waals surface area (Å²) in [4.78, 5) is 13.9. The van der Waals surface area contributed by atoms with Crippen LogP contribution < -0.4 is 9.47 Å². The standard InChI is InChI=1S/C18H16BrNO3/c1-20(11-14-2-6-15(19)7-3-14)18(21)9-5-13-4-8-16-17(10-13)23-12-22-16/h2-10H,11-12H2,1H3. The Kier molecular flexibility index (Phi) is 4.67.